The molecule has 0 radical (unpaired) electrons. The van der Waals surface area contributed by atoms with E-state index in [1.54, 1.807) is 12.1 Å². The van der Waals surface area contributed by atoms with E-state index in [-0.39, 0.29) is 0 Å². The van der Waals surface area contributed by atoms with E-state index >= 15 is 0 Å². The lowest BCUT2D eigenvalue weighted by Gasteiger charge is -2.09. The Balaban J connectivity index is 2.05. The third-order valence-electron chi connectivity index (χ3n) is 3.14. The first-order valence-electron chi connectivity index (χ1n) is 6.41. The number of benzene rings is 1. The second-order valence-electron chi connectivity index (χ2n) is 4.71. The van der Waals surface area contributed by atoms with Gasteiger partial charge in [-0.1, -0.05) is 18.2 Å². The normalized spacial score (nSPS) is 10.7. The van der Waals surface area contributed by atoms with Gasteiger partial charge in [0.2, 0.25) is 5.88 Å². The van der Waals surface area contributed by atoms with Crippen LogP contribution in [-0.2, 0) is 0 Å². The van der Waals surface area contributed by atoms with Gasteiger partial charge >= 0.3 is 0 Å². The van der Waals surface area contributed by atoms with Crippen LogP contribution in [0.4, 0.5) is 5.69 Å². The molecule has 20 heavy (non-hydrogen) atoms. The highest BCUT2D eigenvalue weighted by atomic mass is 16.5. The van der Waals surface area contributed by atoms with Crippen molar-refractivity contribution in [2.45, 2.75) is 13.8 Å². The molecule has 3 rings (SSSR count). The fourth-order valence-electron chi connectivity index (χ4n) is 2.02. The summed E-state index contributed by atoms with van der Waals surface area (Å²) in [5.41, 5.74) is 8.97. The number of rotatable bonds is 2. The van der Waals surface area contributed by atoms with E-state index in [4.69, 9.17) is 10.5 Å². The highest BCUT2D eigenvalue weighted by Gasteiger charge is 2.07. The van der Waals surface area contributed by atoms with Gasteiger partial charge in [0.25, 0.3) is 0 Å². The molecule has 4 nitrogen and oxygen atoms in total. The number of aryl methyl sites for hydroxylation is 2. The molecule has 0 aliphatic carbocycles. The average molecular weight is 265 g/mol. The van der Waals surface area contributed by atoms with Crippen molar-refractivity contribution in [3.05, 3.63) is 53.9 Å². The fraction of sp³-hybridized carbons (Fsp3) is 0.125. The Hall–Kier alpha value is -2.62. The quantitative estimate of drug-likeness (QED) is 0.768. The van der Waals surface area contributed by atoms with Crippen LogP contribution in [0.1, 0.15) is 11.4 Å². The molecule has 0 spiro atoms. The molecule has 0 unspecified atom stereocenters. The number of hydrogen-bond acceptors (Lipinski definition) is 4. The van der Waals surface area contributed by atoms with Crippen LogP contribution < -0.4 is 10.5 Å². The molecule has 2 N–H and O–H groups in total. The number of nitrogens with two attached hydrogens (primary N) is 1. The summed E-state index contributed by atoms with van der Waals surface area (Å²) in [7, 11) is 0. The van der Waals surface area contributed by atoms with E-state index < -0.39 is 0 Å². The Bertz CT molecular complexity index is 784. The number of pyridine rings is 2. The van der Waals surface area contributed by atoms with Crippen LogP contribution in [0.5, 0.6) is 11.6 Å². The van der Waals surface area contributed by atoms with Crippen LogP contribution in [0, 0.1) is 13.8 Å². The summed E-state index contributed by atoms with van der Waals surface area (Å²) in [6, 6.07) is 13.4. The summed E-state index contributed by atoms with van der Waals surface area (Å²) < 4.78 is 5.85. The number of nitrogen functional groups attached to an aromatic ring is 1. The van der Waals surface area contributed by atoms with Gasteiger partial charge < -0.3 is 10.5 Å². The van der Waals surface area contributed by atoms with E-state index in [1.165, 1.54) is 0 Å². The number of aromatic nitrogens is 2. The standard InChI is InChI=1S/C16H15N3O/c1-10-6-7-12-4-3-5-14(16(12)18-10)20-15-9-8-13(17)11(2)19-15/h3-9H,17H2,1-2H3. The van der Waals surface area contributed by atoms with Crippen LogP contribution in [0.3, 0.4) is 0 Å². The molecule has 0 fully saturated rings. The Morgan fingerprint density at radius 2 is 1.80 bits per heavy atom. The number of nitrogens with zero attached hydrogens (tertiary/aromatic N) is 2. The molecule has 0 aliphatic heterocycles. The summed E-state index contributed by atoms with van der Waals surface area (Å²) in [4.78, 5) is 8.86. The molecule has 2 aromatic heterocycles. The molecule has 0 bridgehead atoms. The molecule has 0 saturated carbocycles. The molecule has 3 aromatic rings. The van der Waals surface area contributed by atoms with Crippen molar-refractivity contribution >= 4 is 16.6 Å². The molecule has 0 aliphatic rings. The number of para-hydroxylation sites is 1. The average Bonchev–Trinajstić information content (AvgIpc) is 2.44. The monoisotopic (exact) mass is 265 g/mol. The van der Waals surface area contributed by atoms with Gasteiger partial charge in [-0.25, -0.2) is 9.97 Å². The molecular formula is C16H15N3O. The summed E-state index contributed by atoms with van der Waals surface area (Å²) in [6.45, 7) is 3.82. The lowest BCUT2D eigenvalue weighted by atomic mass is 10.2. The minimum atomic E-state index is 0.521. The van der Waals surface area contributed by atoms with Gasteiger partial charge in [-0.05, 0) is 32.0 Å². The first-order chi connectivity index (χ1) is 9.63. The Labute approximate surface area is 117 Å². The minimum Gasteiger partial charge on any atom is -0.437 e. The van der Waals surface area contributed by atoms with Crippen LogP contribution in [0.25, 0.3) is 10.9 Å². The van der Waals surface area contributed by atoms with Crippen LogP contribution >= 0.6 is 0 Å². The largest absolute Gasteiger partial charge is 0.437 e. The lowest BCUT2D eigenvalue weighted by molar-refractivity contribution is 0.466. The van der Waals surface area contributed by atoms with Crippen molar-refractivity contribution in [1.82, 2.24) is 9.97 Å². The fourth-order valence-corrected chi connectivity index (χ4v) is 2.02. The van der Waals surface area contributed by atoms with E-state index in [0.29, 0.717) is 17.3 Å². The maximum absolute atomic E-state index is 5.85. The van der Waals surface area contributed by atoms with Gasteiger partial charge in [0, 0.05) is 17.1 Å². The van der Waals surface area contributed by atoms with Gasteiger partial charge in [0.1, 0.15) is 5.52 Å². The highest BCUT2D eigenvalue weighted by Crippen LogP contribution is 2.28. The summed E-state index contributed by atoms with van der Waals surface area (Å²) in [5, 5.41) is 1.04. The maximum Gasteiger partial charge on any atom is 0.219 e. The maximum atomic E-state index is 5.85. The third-order valence-corrected chi connectivity index (χ3v) is 3.14. The van der Waals surface area contributed by atoms with Gasteiger partial charge in [-0.3, -0.25) is 0 Å². The molecule has 2 heterocycles. The van der Waals surface area contributed by atoms with Gasteiger partial charge in [-0.15, -0.1) is 0 Å². The Kier molecular flexibility index (Phi) is 2.99. The predicted octanol–water partition coefficient (Wildman–Crippen LogP) is 3.62. The molecule has 1 aromatic carbocycles. The second-order valence-corrected chi connectivity index (χ2v) is 4.71. The van der Waals surface area contributed by atoms with E-state index in [0.717, 1.165) is 22.3 Å². The Morgan fingerprint density at radius 3 is 2.60 bits per heavy atom. The van der Waals surface area contributed by atoms with Crippen molar-refractivity contribution in [2.24, 2.45) is 0 Å². The molecule has 0 saturated heterocycles. The first kappa shape index (κ1) is 12.4. The van der Waals surface area contributed by atoms with E-state index in [9.17, 15) is 0 Å². The van der Waals surface area contributed by atoms with E-state index in [2.05, 4.69) is 9.97 Å². The number of anilines is 1. The smallest absolute Gasteiger partial charge is 0.219 e. The van der Waals surface area contributed by atoms with Gasteiger partial charge in [0.15, 0.2) is 5.75 Å². The number of fused-ring (bicyclic) bond motifs is 1. The van der Waals surface area contributed by atoms with Crippen LogP contribution in [-0.4, -0.2) is 9.97 Å². The molecular weight excluding hydrogens is 250 g/mol. The topological polar surface area (TPSA) is 61.0 Å². The summed E-state index contributed by atoms with van der Waals surface area (Å²) in [5.74, 6) is 1.22. The highest BCUT2D eigenvalue weighted by molar-refractivity contribution is 5.84. The SMILES string of the molecule is Cc1ccc2cccc(Oc3ccc(N)c(C)n3)c2n1. The summed E-state index contributed by atoms with van der Waals surface area (Å²) >= 11 is 0. The number of hydrogen-bond donors (Lipinski definition) is 1. The van der Waals surface area contributed by atoms with Crippen molar-refractivity contribution in [3.8, 4) is 11.6 Å². The van der Waals surface area contributed by atoms with Crippen LogP contribution in [0.15, 0.2) is 42.5 Å². The van der Waals surface area contributed by atoms with Gasteiger partial charge in [-0.2, -0.15) is 0 Å². The zero-order valence-corrected chi connectivity index (χ0v) is 11.4. The van der Waals surface area contributed by atoms with Crippen molar-refractivity contribution in [3.63, 3.8) is 0 Å². The van der Waals surface area contributed by atoms with Crippen molar-refractivity contribution < 1.29 is 4.74 Å². The third kappa shape index (κ3) is 2.28. The second kappa shape index (κ2) is 4.81. The molecule has 100 valence electrons. The van der Waals surface area contributed by atoms with Crippen molar-refractivity contribution in [2.75, 3.05) is 5.73 Å². The number of ether oxygens (including phenoxy) is 1. The van der Waals surface area contributed by atoms with E-state index in [1.807, 2.05) is 44.2 Å². The minimum absolute atomic E-state index is 0.521. The zero-order valence-electron chi connectivity index (χ0n) is 11.4. The molecule has 0 atom stereocenters. The molecule has 4 heteroatoms. The molecule has 0 amide bonds. The lowest BCUT2D eigenvalue weighted by Crippen LogP contribution is -1.96. The predicted molar refractivity (Wildman–Crippen MR) is 79.9 cm³/mol. The van der Waals surface area contributed by atoms with Crippen molar-refractivity contribution in [1.29, 1.82) is 0 Å². The Morgan fingerprint density at radius 1 is 0.950 bits per heavy atom. The summed E-state index contributed by atoms with van der Waals surface area (Å²) in [6.07, 6.45) is 0. The van der Waals surface area contributed by atoms with Crippen LogP contribution in [0.2, 0.25) is 0 Å². The first-order valence-corrected chi connectivity index (χ1v) is 6.41. The zero-order chi connectivity index (χ0) is 14.1. The van der Waals surface area contributed by atoms with Gasteiger partial charge in [0.05, 0.1) is 11.4 Å².